The molecule has 0 aliphatic carbocycles. The summed E-state index contributed by atoms with van der Waals surface area (Å²) in [7, 11) is 0. The third-order valence-electron chi connectivity index (χ3n) is 4.40. The first-order valence-corrected chi connectivity index (χ1v) is 9.72. The zero-order valence-corrected chi connectivity index (χ0v) is 17.6. The number of nitrogens with one attached hydrogen (secondary N) is 2. The van der Waals surface area contributed by atoms with Gasteiger partial charge >= 0.3 is 6.09 Å². The summed E-state index contributed by atoms with van der Waals surface area (Å²) in [4.78, 5) is 28.4. The van der Waals surface area contributed by atoms with E-state index in [1.165, 1.54) is 0 Å². The number of ether oxygens (including phenoxy) is 1. The fraction of sp³-hybridized carbons (Fsp3) is 0.227. The largest absolute Gasteiger partial charge is 0.444 e. The quantitative estimate of drug-likeness (QED) is 0.565. The van der Waals surface area contributed by atoms with Gasteiger partial charge in [-0.2, -0.15) is 0 Å². The van der Waals surface area contributed by atoms with Crippen LogP contribution in [0.4, 0.5) is 10.5 Å². The van der Waals surface area contributed by atoms with Crippen molar-refractivity contribution in [2.24, 2.45) is 0 Å². The van der Waals surface area contributed by atoms with Crippen molar-refractivity contribution in [3.05, 3.63) is 82.0 Å². The van der Waals surface area contributed by atoms with E-state index in [2.05, 4.69) is 15.6 Å². The van der Waals surface area contributed by atoms with Crippen LogP contribution in [0.2, 0.25) is 5.02 Å². The molecule has 0 aliphatic heterocycles. The van der Waals surface area contributed by atoms with Gasteiger partial charge < -0.3 is 14.5 Å². The number of carbonyl (C=O) groups is 2. The average Bonchev–Trinajstić information content (AvgIpc) is 3.06. The van der Waals surface area contributed by atoms with Crippen LogP contribution >= 0.6 is 11.6 Å². The minimum atomic E-state index is -0.560. The summed E-state index contributed by atoms with van der Waals surface area (Å²) in [5, 5.41) is 6.17. The molecule has 1 aromatic heterocycles. The number of oxazole rings is 1. The molecule has 0 saturated heterocycles. The molecule has 0 aliphatic rings. The number of aromatic nitrogens is 1. The van der Waals surface area contributed by atoms with Gasteiger partial charge in [-0.15, -0.1) is 0 Å². The van der Waals surface area contributed by atoms with Crippen LogP contribution in [-0.2, 0) is 11.3 Å². The Morgan fingerprint density at radius 3 is 2.37 bits per heavy atom. The molecule has 2 N–H and O–H groups in total. The Morgan fingerprint density at radius 2 is 1.77 bits per heavy atom. The number of amides is 2. The molecule has 2 aromatic carbocycles. The number of aryl methyl sites for hydroxylation is 2. The maximum Gasteiger partial charge on any atom is 0.411 e. The van der Waals surface area contributed by atoms with Crippen molar-refractivity contribution in [2.45, 2.75) is 33.4 Å². The number of carbonyl (C=O) groups excluding carboxylic acids is 2. The Hall–Kier alpha value is -3.32. The summed E-state index contributed by atoms with van der Waals surface area (Å²) in [6, 6.07) is 13.9. The summed E-state index contributed by atoms with van der Waals surface area (Å²) < 4.78 is 10.5. The highest BCUT2D eigenvalue weighted by atomic mass is 35.5. The highest BCUT2D eigenvalue weighted by molar-refractivity contribution is 6.30. The number of nitrogens with zero attached hydrogens (tertiary/aromatic N) is 1. The Morgan fingerprint density at radius 1 is 1.10 bits per heavy atom. The number of hydrogen-bond acceptors (Lipinski definition) is 5. The van der Waals surface area contributed by atoms with Gasteiger partial charge in [0.1, 0.15) is 6.61 Å². The smallest absolute Gasteiger partial charge is 0.411 e. The molecule has 30 heavy (non-hydrogen) atoms. The van der Waals surface area contributed by atoms with Crippen LogP contribution in [0.3, 0.4) is 0 Å². The minimum absolute atomic E-state index is 0.144. The zero-order chi connectivity index (χ0) is 21.7. The minimum Gasteiger partial charge on any atom is -0.444 e. The fourth-order valence-corrected chi connectivity index (χ4v) is 2.95. The molecular formula is C22H22ClN3O4. The highest BCUT2D eigenvalue weighted by Gasteiger charge is 2.18. The van der Waals surface area contributed by atoms with Gasteiger partial charge in [0.2, 0.25) is 5.76 Å². The van der Waals surface area contributed by atoms with Gasteiger partial charge in [0, 0.05) is 17.6 Å². The summed E-state index contributed by atoms with van der Waals surface area (Å²) in [6.07, 6.45) is -0.560. The summed E-state index contributed by atoms with van der Waals surface area (Å²) in [5.74, 6) is 0.332. The van der Waals surface area contributed by atoms with Gasteiger partial charge in [0.25, 0.3) is 5.91 Å². The third-order valence-corrected chi connectivity index (χ3v) is 4.65. The first kappa shape index (κ1) is 21.4. The van der Waals surface area contributed by atoms with Gasteiger partial charge in [-0.05, 0) is 49.2 Å². The van der Waals surface area contributed by atoms with Gasteiger partial charge in [-0.1, -0.05) is 35.9 Å². The zero-order valence-electron chi connectivity index (χ0n) is 16.9. The number of anilines is 1. The Bertz CT molecular complexity index is 1030. The van der Waals surface area contributed by atoms with E-state index >= 15 is 0 Å². The first-order valence-electron chi connectivity index (χ1n) is 9.35. The van der Waals surface area contributed by atoms with Gasteiger partial charge in [-0.25, -0.2) is 9.78 Å². The van der Waals surface area contributed by atoms with Gasteiger partial charge in [0.05, 0.1) is 11.7 Å². The van der Waals surface area contributed by atoms with Crippen molar-refractivity contribution in [3.63, 3.8) is 0 Å². The molecule has 0 bridgehead atoms. The second-order valence-corrected chi connectivity index (χ2v) is 7.23. The Balaban J connectivity index is 1.52. The predicted octanol–water partition coefficient (Wildman–Crippen LogP) is 5.18. The topological polar surface area (TPSA) is 93.5 Å². The molecule has 3 rings (SSSR count). The van der Waals surface area contributed by atoms with E-state index in [0.29, 0.717) is 22.3 Å². The summed E-state index contributed by atoms with van der Waals surface area (Å²) >= 11 is 5.83. The number of hydrogen-bond donors (Lipinski definition) is 2. The number of benzene rings is 2. The number of rotatable bonds is 6. The van der Waals surface area contributed by atoms with Crippen LogP contribution < -0.4 is 10.6 Å². The summed E-state index contributed by atoms with van der Waals surface area (Å²) in [5.41, 5.74) is 2.85. The molecule has 0 spiro atoms. The van der Waals surface area contributed by atoms with E-state index in [1.54, 1.807) is 50.2 Å². The van der Waals surface area contributed by atoms with Crippen LogP contribution in [0.1, 0.15) is 46.2 Å². The molecule has 8 heteroatoms. The highest BCUT2D eigenvalue weighted by Crippen LogP contribution is 2.18. The molecule has 1 atom stereocenters. The lowest BCUT2D eigenvalue weighted by molar-refractivity contribution is 0.0909. The molecule has 7 nitrogen and oxygen atoms in total. The van der Waals surface area contributed by atoms with Gasteiger partial charge in [0.15, 0.2) is 5.89 Å². The van der Waals surface area contributed by atoms with Crippen molar-refractivity contribution >= 4 is 29.3 Å². The van der Waals surface area contributed by atoms with Crippen molar-refractivity contribution in [3.8, 4) is 0 Å². The monoisotopic (exact) mass is 427 g/mol. The third kappa shape index (κ3) is 5.61. The molecule has 1 heterocycles. The van der Waals surface area contributed by atoms with Crippen LogP contribution in [0.15, 0.2) is 52.9 Å². The van der Waals surface area contributed by atoms with Crippen LogP contribution in [-0.4, -0.2) is 17.0 Å². The maximum atomic E-state index is 12.4. The lowest BCUT2D eigenvalue weighted by atomic mass is 10.1. The van der Waals surface area contributed by atoms with E-state index in [4.69, 9.17) is 20.8 Å². The maximum absolute atomic E-state index is 12.4. The molecule has 3 aromatic rings. The lowest BCUT2D eigenvalue weighted by Crippen LogP contribution is -2.26. The van der Waals surface area contributed by atoms with E-state index in [1.807, 2.05) is 19.1 Å². The molecule has 0 radical (unpaired) electrons. The second-order valence-electron chi connectivity index (χ2n) is 6.79. The molecule has 0 unspecified atom stereocenters. The van der Waals surface area contributed by atoms with Crippen LogP contribution in [0.25, 0.3) is 0 Å². The van der Waals surface area contributed by atoms with Crippen molar-refractivity contribution in [2.75, 3.05) is 5.32 Å². The average molecular weight is 428 g/mol. The molecule has 156 valence electrons. The van der Waals surface area contributed by atoms with Crippen molar-refractivity contribution in [1.82, 2.24) is 10.3 Å². The Labute approximate surface area is 179 Å². The van der Waals surface area contributed by atoms with Crippen LogP contribution in [0.5, 0.6) is 0 Å². The van der Waals surface area contributed by atoms with Crippen LogP contribution in [0, 0.1) is 13.8 Å². The lowest BCUT2D eigenvalue weighted by Gasteiger charge is -2.14. The predicted molar refractivity (Wildman–Crippen MR) is 114 cm³/mol. The second kappa shape index (κ2) is 9.45. The van der Waals surface area contributed by atoms with Crippen molar-refractivity contribution < 1.29 is 18.7 Å². The molecule has 0 saturated carbocycles. The Kier molecular flexibility index (Phi) is 6.74. The van der Waals surface area contributed by atoms with E-state index in [0.717, 1.165) is 11.1 Å². The first-order chi connectivity index (χ1) is 14.3. The fourth-order valence-electron chi connectivity index (χ4n) is 2.83. The molecular weight excluding hydrogens is 406 g/mol. The van der Waals surface area contributed by atoms with Gasteiger partial charge in [-0.3, -0.25) is 10.1 Å². The van der Waals surface area contributed by atoms with Crippen molar-refractivity contribution in [1.29, 1.82) is 0 Å². The summed E-state index contributed by atoms with van der Waals surface area (Å²) in [6.45, 7) is 5.42. The molecule has 2 amide bonds. The number of halogens is 1. The standard InChI is InChI=1S/C22H22ClN3O4/c1-13(25-21(27)20-14(2)24-15(3)30-20)17-6-10-19(11-7-17)26-22(28)29-12-16-4-8-18(23)9-5-16/h4-11,13H,12H2,1-3H3,(H,25,27)(H,26,28)/t13-/m0/s1. The van der Waals surface area contributed by atoms with E-state index in [-0.39, 0.29) is 24.3 Å². The molecule has 0 fully saturated rings. The SMILES string of the molecule is Cc1nc(C)c(C(=O)N[C@@H](C)c2ccc(NC(=O)OCc3ccc(Cl)cc3)cc2)o1. The van der Waals surface area contributed by atoms with E-state index in [9.17, 15) is 9.59 Å². The normalized spacial score (nSPS) is 11.6. The van der Waals surface area contributed by atoms with E-state index < -0.39 is 6.09 Å².